The molecule has 0 bridgehead atoms. The van der Waals surface area contributed by atoms with Crippen molar-refractivity contribution in [1.82, 2.24) is 15.5 Å². The van der Waals surface area contributed by atoms with Crippen LogP contribution in [-0.2, 0) is 17.6 Å². The molecule has 0 aliphatic carbocycles. The molecule has 2 aromatic rings. The van der Waals surface area contributed by atoms with E-state index in [1.807, 2.05) is 29.5 Å². The summed E-state index contributed by atoms with van der Waals surface area (Å²) < 4.78 is 0. The molecular formula is C21H31IN4OS. The molecule has 1 amide bonds. The second-order valence-electron chi connectivity index (χ2n) is 6.88. The minimum atomic E-state index is -0.0132. The number of amides is 1. The molecule has 1 unspecified atom stereocenters. The Morgan fingerprint density at radius 2 is 1.89 bits per heavy atom. The van der Waals surface area contributed by atoms with Gasteiger partial charge >= 0.3 is 0 Å². The summed E-state index contributed by atoms with van der Waals surface area (Å²) in [5.74, 6) is 0.669. The van der Waals surface area contributed by atoms with Crippen LogP contribution in [0.4, 0.5) is 0 Å². The summed E-state index contributed by atoms with van der Waals surface area (Å²) in [5, 5.41) is 6.79. The molecule has 5 nitrogen and oxygen atoms in total. The molecule has 1 heterocycles. The third-order valence-corrected chi connectivity index (χ3v) is 5.13. The van der Waals surface area contributed by atoms with Crippen LogP contribution >= 0.6 is 35.3 Å². The lowest BCUT2D eigenvalue weighted by Crippen LogP contribution is -2.44. The topological polar surface area (TPSA) is 56.7 Å². The van der Waals surface area contributed by atoms with Crippen molar-refractivity contribution in [1.29, 1.82) is 0 Å². The van der Waals surface area contributed by atoms with Gasteiger partial charge in [0.2, 0.25) is 5.91 Å². The van der Waals surface area contributed by atoms with Crippen molar-refractivity contribution in [3.8, 4) is 0 Å². The molecule has 0 aliphatic rings. The highest BCUT2D eigenvalue weighted by molar-refractivity contribution is 14.0. The van der Waals surface area contributed by atoms with Gasteiger partial charge in [0.15, 0.2) is 5.96 Å². The van der Waals surface area contributed by atoms with Crippen LogP contribution in [0.5, 0.6) is 0 Å². The lowest BCUT2D eigenvalue weighted by Gasteiger charge is -2.18. The number of benzene rings is 1. The van der Waals surface area contributed by atoms with Gasteiger partial charge < -0.3 is 15.5 Å². The van der Waals surface area contributed by atoms with Crippen molar-refractivity contribution in [3.05, 3.63) is 57.8 Å². The number of aryl methyl sites for hydroxylation is 1. The first-order valence-corrected chi connectivity index (χ1v) is 10.1. The van der Waals surface area contributed by atoms with E-state index in [4.69, 9.17) is 0 Å². The van der Waals surface area contributed by atoms with E-state index in [-0.39, 0.29) is 42.5 Å². The van der Waals surface area contributed by atoms with Gasteiger partial charge in [-0.2, -0.15) is 0 Å². The van der Waals surface area contributed by atoms with Crippen molar-refractivity contribution in [2.75, 3.05) is 27.2 Å². The van der Waals surface area contributed by atoms with E-state index in [0.717, 1.165) is 19.4 Å². The van der Waals surface area contributed by atoms with E-state index in [1.54, 1.807) is 19.0 Å². The fraction of sp³-hybridized carbons (Fsp3) is 0.429. The Bertz CT molecular complexity index is 746. The van der Waals surface area contributed by atoms with Crippen LogP contribution in [-0.4, -0.2) is 50.0 Å². The van der Waals surface area contributed by atoms with E-state index < -0.39 is 0 Å². The molecule has 0 fully saturated rings. The van der Waals surface area contributed by atoms with E-state index in [1.165, 1.54) is 15.3 Å². The molecule has 1 aromatic carbocycles. The molecule has 0 saturated heterocycles. The number of thiophene rings is 1. The number of likely N-dealkylation sites (N-methyl/N-ethyl adjacent to an activating group) is 1. The molecule has 0 spiro atoms. The Morgan fingerprint density at radius 1 is 1.18 bits per heavy atom. The predicted molar refractivity (Wildman–Crippen MR) is 130 cm³/mol. The SMILES string of the molecule is Cc1ccc(CC(C)NC(=NCC(=O)N(C)C)NCCc2ccccc2)s1.I. The van der Waals surface area contributed by atoms with Crippen LogP contribution in [0.25, 0.3) is 0 Å². The van der Waals surface area contributed by atoms with Gasteiger partial charge in [-0.25, -0.2) is 4.99 Å². The monoisotopic (exact) mass is 514 g/mol. The van der Waals surface area contributed by atoms with Crippen LogP contribution in [0.15, 0.2) is 47.5 Å². The summed E-state index contributed by atoms with van der Waals surface area (Å²) in [6, 6.07) is 14.9. The van der Waals surface area contributed by atoms with Gasteiger partial charge in [-0.3, -0.25) is 4.79 Å². The maximum atomic E-state index is 11.9. The first kappa shape index (κ1) is 24.4. The van der Waals surface area contributed by atoms with Crippen molar-refractivity contribution in [3.63, 3.8) is 0 Å². The molecule has 28 heavy (non-hydrogen) atoms. The molecule has 154 valence electrons. The Hall–Kier alpha value is -1.61. The predicted octanol–water partition coefficient (Wildman–Crippen LogP) is 3.47. The van der Waals surface area contributed by atoms with E-state index in [2.05, 4.69) is 53.7 Å². The Morgan fingerprint density at radius 3 is 2.50 bits per heavy atom. The van der Waals surface area contributed by atoms with Gasteiger partial charge in [0.1, 0.15) is 6.54 Å². The number of aliphatic imine (C=N–C) groups is 1. The standard InChI is InChI=1S/C21H30N4OS.HI/c1-16(14-19-11-10-17(2)27-19)24-21(23-15-20(26)25(3)4)22-13-12-18-8-6-5-7-9-18;/h5-11,16H,12-15H2,1-4H3,(H2,22,23,24);1H. The third kappa shape index (κ3) is 9.05. The fourth-order valence-corrected chi connectivity index (χ4v) is 3.61. The summed E-state index contributed by atoms with van der Waals surface area (Å²) >= 11 is 1.82. The molecule has 0 saturated carbocycles. The van der Waals surface area contributed by atoms with E-state index in [9.17, 15) is 4.79 Å². The average molecular weight is 514 g/mol. The second kappa shape index (κ2) is 12.8. The first-order chi connectivity index (χ1) is 12.9. The lowest BCUT2D eigenvalue weighted by atomic mass is 10.1. The second-order valence-corrected chi connectivity index (χ2v) is 8.25. The molecular weight excluding hydrogens is 483 g/mol. The third-order valence-electron chi connectivity index (χ3n) is 4.11. The Balaban J connectivity index is 0.00000392. The molecule has 0 aliphatic heterocycles. The number of hydrogen-bond acceptors (Lipinski definition) is 3. The summed E-state index contributed by atoms with van der Waals surface area (Å²) in [4.78, 5) is 20.6. The summed E-state index contributed by atoms with van der Waals surface area (Å²) in [7, 11) is 3.49. The van der Waals surface area contributed by atoms with E-state index >= 15 is 0 Å². The highest BCUT2D eigenvalue weighted by Crippen LogP contribution is 2.16. The van der Waals surface area contributed by atoms with Crippen LogP contribution < -0.4 is 10.6 Å². The molecule has 2 rings (SSSR count). The normalized spacial score (nSPS) is 12.1. The van der Waals surface area contributed by atoms with Crippen LogP contribution in [0, 0.1) is 6.92 Å². The van der Waals surface area contributed by atoms with Crippen LogP contribution in [0.3, 0.4) is 0 Å². The van der Waals surface area contributed by atoms with Crippen molar-refractivity contribution in [2.24, 2.45) is 4.99 Å². The minimum Gasteiger partial charge on any atom is -0.356 e. The summed E-state index contributed by atoms with van der Waals surface area (Å²) in [5.41, 5.74) is 1.27. The number of rotatable bonds is 8. The number of halogens is 1. The Labute approximate surface area is 189 Å². The molecule has 7 heteroatoms. The smallest absolute Gasteiger partial charge is 0.243 e. The number of carbonyl (C=O) groups excluding carboxylic acids is 1. The summed E-state index contributed by atoms with van der Waals surface area (Å²) in [6.07, 6.45) is 1.83. The molecule has 1 aromatic heterocycles. The van der Waals surface area contributed by atoms with Gasteiger partial charge in [0, 0.05) is 42.9 Å². The molecule has 1 atom stereocenters. The maximum absolute atomic E-state index is 11.9. The number of hydrogen-bond donors (Lipinski definition) is 2. The zero-order chi connectivity index (χ0) is 19.6. The zero-order valence-corrected chi connectivity index (χ0v) is 20.2. The summed E-state index contributed by atoms with van der Waals surface area (Å²) in [6.45, 7) is 5.16. The van der Waals surface area contributed by atoms with Crippen molar-refractivity contribution < 1.29 is 4.79 Å². The van der Waals surface area contributed by atoms with Gasteiger partial charge in [0.25, 0.3) is 0 Å². The molecule has 2 N–H and O–H groups in total. The van der Waals surface area contributed by atoms with Gasteiger partial charge in [-0.05, 0) is 38.0 Å². The van der Waals surface area contributed by atoms with Gasteiger partial charge in [0.05, 0.1) is 0 Å². The highest BCUT2D eigenvalue weighted by Gasteiger charge is 2.10. The highest BCUT2D eigenvalue weighted by atomic mass is 127. The number of carbonyl (C=O) groups is 1. The van der Waals surface area contributed by atoms with Crippen LogP contribution in [0.1, 0.15) is 22.2 Å². The largest absolute Gasteiger partial charge is 0.356 e. The first-order valence-electron chi connectivity index (χ1n) is 9.28. The molecule has 0 radical (unpaired) electrons. The number of guanidine groups is 1. The van der Waals surface area contributed by atoms with Crippen molar-refractivity contribution in [2.45, 2.75) is 32.7 Å². The fourth-order valence-electron chi connectivity index (χ4n) is 2.59. The van der Waals surface area contributed by atoms with Crippen LogP contribution in [0.2, 0.25) is 0 Å². The van der Waals surface area contributed by atoms with Gasteiger partial charge in [-0.1, -0.05) is 30.3 Å². The van der Waals surface area contributed by atoms with Gasteiger partial charge in [-0.15, -0.1) is 35.3 Å². The van der Waals surface area contributed by atoms with Crippen molar-refractivity contribution >= 4 is 47.2 Å². The number of nitrogens with zero attached hydrogens (tertiary/aromatic N) is 2. The average Bonchev–Trinajstić information content (AvgIpc) is 3.04. The maximum Gasteiger partial charge on any atom is 0.243 e. The minimum absolute atomic E-state index is 0. The van der Waals surface area contributed by atoms with E-state index in [0.29, 0.717) is 5.96 Å². The zero-order valence-electron chi connectivity index (χ0n) is 17.1. The quantitative estimate of drug-likeness (QED) is 0.322. The Kier molecular flexibility index (Phi) is 11.1. The lowest BCUT2D eigenvalue weighted by molar-refractivity contribution is -0.127. The number of nitrogens with one attached hydrogen (secondary N) is 2.